The van der Waals surface area contributed by atoms with Crippen LogP contribution in [-0.2, 0) is 0 Å². The standard InChI is InChI=1S/C16H36N.C6H5O2P/c1-5-9-13-17(14-10-6-2,15-11-7-3)16-12-8-4;7-9(8)6-4-2-1-3-5-6/h5-16H2,1-4H3;1-5H/q+1;-2/p+1. The summed E-state index contributed by atoms with van der Waals surface area (Å²) >= 11 is 0. The first-order valence-electron chi connectivity index (χ1n) is 10.6. The van der Waals surface area contributed by atoms with Gasteiger partial charge in [-0.2, -0.15) is 0 Å². The molecule has 0 N–H and O–H groups in total. The molecule has 0 atom stereocenters. The number of quaternary nitrogens is 1. The lowest BCUT2D eigenvalue weighted by atomic mass is 10.1. The van der Waals surface area contributed by atoms with E-state index in [4.69, 9.17) is 0 Å². The Bertz CT molecular complexity index is 381. The Labute approximate surface area is 165 Å². The van der Waals surface area contributed by atoms with Gasteiger partial charge in [-0.15, -0.1) is 0 Å². The van der Waals surface area contributed by atoms with E-state index < -0.39 is 8.38 Å². The zero-order valence-electron chi connectivity index (χ0n) is 18.6. The van der Waals surface area contributed by atoms with Gasteiger partial charge in [-0.3, -0.25) is 8.38 Å². The van der Waals surface area contributed by atoms with Crippen LogP contribution >= 0.6 is 8.38 Å². The van der Waals surface area contributed by atoms with Crippen molar-refractivity contribution < 1.29 is 15.7 Å². The van der Waals surface area contributed by atoms with Crippen molar-refractivity contribution in [1.82, 2.24) is 0 Å². The van der Waals surface area contributed by atoms with Crippen LogP contribution in [0.5, 0.6) is 0 Å². The summed E-state index contributed by atoms with van der Waals surface area (Å²) in [6.45, 7) is 15.0. The Kier molecular flexibility index (Phi) is 16.4. The molecule has 152 valence electrons. The van der Waals surface area contributed by atoms with Gasteiger partial charge in [-0.1, -0.05) is 89.0 Å². The van der Waals surface area contributed by atoms with Crippen molar-refractivity contribution in [2.24, 2.45) is 0 Å². The maximum Gasteiger partial charge on any atom is 1.00 e. The number of nitrogens with zero attached hydrogens (tertiary/aromatic N) is 1. The molecule has 1 aromatic carbocycles. The van der Waals surface area contributed by atoms with Gasteiger partial charge >= 0.3 is 1.43 Å². The van der Waals surface area contributed by atoms with Crippen LogP contribution in [0.1, 0.15) is 80.5 Å². The average molecular weight is 384 g/mol. The lowest BCUT2D eigenvalue weighted by Crippen LogP contribution is -2.50. The van der Waals surface area contributed by atoms with E-state index in [1.165, 1.54) is 82.0 Å². The van der Waals surface area contributed by atoms with Gasteiger partial charge in [-0.25, -0.2) is 0 Å². The first-order chi connectivity index (χ1) is 12.5. The molecule has 0 aliphatic heterocycles. The van der Waals surface area contributed by atoms with E-state index in [-0.39, 0.29) is 1.43 Å². The summed E-state index contributed by atoms with van der Waals surface area (Å²) in [7, 11) is -2.40. The molecule has 1 aromatic rings. The molecule has 0 amide bonds. The summed E-state index contributed by atoms with van der Waals surface area (Å²) in [6, 6.07) is 8.29. The van der Waals surface area contributed by atoms with E-state index in [1.54, 1.807) is 30.3 Å². The second-order valence-electron chi connectivity index (χ2n) is 7.24. The molecule has 0 unspecified atom stereocenters. The van der Waals surface area contributed by atoms with Crippen LogP contribution in [0.3, 0.4) is 0 Å². The Morgan fingerprint density at radius 3 is 1.27 bits per heavy atom. The Balaban J connectivity index is 0. The third kappa shape index (κ3) is 12.0. The fourth-order valence-electron chi connectivity index (χ4n) is 3.19. The van der Waals surface area contributed by atoms with E-state index in [0.29, 0.717) is 5.30 Å². The van der Waals surface area contributed by atoms with E-state index in [1.807, 2.05) is 0 Å². The fourth-order valence-corrected chi connectivity index (χ4v) is 3.61. The molecule has 0 aliphatic rings. The van der Waals surface area contributed by atoms with Crippen molar-refractivity contribution in [3.63, 3.8) is 0 Å². The summed E-state index contributed by atoms with van der Waals surface area (Å²) < 4.78 is 1.42. The van der Waals surface area contributed by atoms with Crippen LogP contribution in [0.25, 0.3) is 0 Å². The minimum Gasteiger partial charge on any atom is -0.838 e. The van der Waals surface area contributed by atoms with Crippen LogP contribution in [0.2, 0.25) is 0 Å². The van der Waals surface area contributed by atoms with Crippen LogP contribution < -0.4 is 15.1 Å². The molecule has 0 heterocycles. The smallest absolute Gasteiger partial charge is 0.838 e. The van der Waals surface area contributed by atoms with Gasteiger partial charge < -0.3 is 14.3 Å². The molecule has 0 saturated carbocycles. The summed E-state index contributed by atoms with van der Waals surface area (Å²) in [4.78, 5) is 20.5. The highest BCUT2D eigenvalue weighted by Gasteiger charge is 2.24. The van der Waals surface area contributed by atoms with Crippen LogP contribution in [-0.4, -0.2) is 30.7 Å². The summed E-state index contributed by atoms with van der Waals surface area (Å²) in [5.74, 6) is 0. The topological polar surface area (TPSA) is 46.1 Å². The maximum atomic E-state index is 10.2. The van der Waals surface area contributed by atoms with Gasteiger partial charge in [0.2, 0.25) is 0 Å². The normalized spacial score (nSPS) is 11.3. The molecule has 3 nitrogen and oxygen atoms in total. The highest BCUT2D eigenvalue weighted by molar-refractivity contribution is 7.51. The van der Waals surface area contributed by atoms with Crippen LogP contribution in [0, 0.1) is 0 Å². The third-order valence-corrected chi connectivity index (χ3v) is 5.63. The van der Waals surface area contributed by atoms with Crippen molar-refractivity contribution in [2.45, 2.75) is 79.1 Å². The molecule has 26 heavy (non-hydrogen) atoms. The highest BCUT2D eigenvalue weighted by Crippen LogP contribution is 2.16. The number of hydrogen-bond acceptors (Lipinski definition) is 2. The van der Waals surface area contributed by atoms with Crippen molar-refractivity contribution >= 4 is 13.7 Å². The maximum absolute atomic E-state index is 10.2. The van der Waals surface area contributed by atoms with Crippen molar-refractivity contribution in [1.29, 1.82) is 0 Å². The third-order valence-electron chi connectivity index (χ3n) is 4.91. The predicted octanol–water partition coefficient (Wildman–Crippen LogP) is 4.46. The number of hydrogen-bond donors (Lipinski definition) is 0. The van der Waals surface area contributed by atoms with Crippen molar-refractivity contribution in [3.05, 3.63) is 30.3 Å². The zero-order chi connectivity index (χ0) is 19.7. The summed E-state index contributed by atoms with van der Waals surface area (Å²) in [5.41, 5.74) is 0. The lowest BCUT2D eigenvalue weighted by molar-refractivity contribution is -0.929. The molecule has 4 heteroatoms. The van der Waals surface area contributed by atoms with Gasteiger partial charge in [0.05, 0.1) is 26.2 Å². The first-order valence-corrected chi connectivity index (χ1v) is 11.8. The van der Waals surface area contributed by atoms with E-state index in [2.05, 4.69) is 27.7 Å². The molecular weight excluding hydrogens is 341 g/mol. The Morgan fingerprint density at radius 2 is 1.04 bits per heavy atom. The highest BCUT2D eigenvalue weighted by atomic mass is 31.2. The average Bonchev–Trinajstić information content (AvgIpc) is 2.68. The van der Waals surface area contributed by atoms with Gasteiger partial charge in [-0.05, 0) is 25.7 Å². The summed E-state index contributed by atoms with van der Waals surface area (Å²) in [6.07, 6.45) is 11.1. The van der Waals surface area contributed by atoms with Gasteiger partial charge in [0.1, 0.15) is 0 Å². The lowest BCUT2D eigenvalue weighted by Gasteiger charge is -2.39. The van der Waals surface area contributed by atoms with E-state index in [0.717, 1.165) is 0 Å². The molecule has 0 spiro atoms. The molecule has 0 aliphatic carbocycles. The second kappa shape index (κ2) is 16.7. The Morgan fingerprint density at radius 1 is 0.692 bits per heavy atom. The predicted molar refractivity (Wildman–Crippen MR) is 113 cm³/mol. The quantitative estimate of drug-likeness (QED) is 0.373. The number of rotatable bonds is 13. The van der Waals surface area contributed by atoms with Crippen LogP contribution in [0.15, 0.2) is 30.3 Å². The van der Waals surface area contributed by atoms with Crippen molar-refractivity contribution in [3.8, 4) is 0 Å². The van der Waals surface area contributed by atoms with Gasteiger partial charge in [0, 0.05) is 0 Å². The molecule has 1 rings (SSSR count). The fraction of sp³-hybridized carbons (Fsp3) is 0.727. The van der Waals surface area contributed by atoms with Gasteiger partial charge in [0.15, 0.2) is 0 Å². The second-order valence-corrected chi connectivity index (χ2v) is 8.27. The van der Waals surface area contributed by atoms with Gasteiger partial charge in [0.25, 0.3) is 0 Å². The number of unbranched alkanes of at least 4 members (excludes halogenated alkanes) is 4. The first kappa shape index (κ1) is 25.5. The molecule has 0 aromatic heterocycles. The molecule has 0 radical (unpaired) electrons. The van der Waals surface area contributed by atoms with E-state index >= 15 is 0 Å². The molecular formula is C22H42NO2P. The Hall–Kier alpha value is -0.470. The molecule has 0 bridgehead atoms. The molecule has 0 fully saturated rings. The summed E-state index contributed by atoms with van der Waals surface area (Å²) in [5, 5.41) is 0.368. The molecule has 0 saturated heterocycles. The monoisotopic (exact) mass is 383 g/mol. The van der Waals surface area contributed by atoms with Crippen molar-refractivity contribution in [2.75, 3.05) is 26.2 Å². The number of benzene rings is 1. The van der Waals surface area contributed by atoms with Crippen LogP contribution in [0.4, 0.5) is 0 Å². The minimum absolute atomic E-state index is 0. The van der Waals surface area contributed by atoms with E-state index in [9.17, 15) is 9.79 Å². The largest absolute Gasteiger partial charge is 1.00 e. The zero-order valence-corrected chi connectivity index (χ0v) is 18.5. The minimum atomic E-state index is -2.40. The SMILES string of the molecule is CCCC[N+](CCCC)(CCCC)CCCC.[H+].[O-]P([O-])c1ccccc1.